The van der Waals surface area contributed by atoms with Crippen LogP contribution in [0.2, 0.25) is 10.0 Å². The first-order valence-corrected chi connectivity index (χ1v) is 9.19. The van der Waals surface area contributed by atoms with Crippen molar-refractivity contribution in [1.29, 1.82) is 0 Å². The van der Waals surface area contributed by atoms with Gasteiger partial charge in [0.05, 0.1) is 10.8 Å². The predicted octanol–water partition coefficient (Wildman–Crippen LogP) is 2.82. The molecule has 10 heteroatoms. The number of hydrogen-bond acceptors (Lipinski definition) is 6. The molecular formula is C16H16Cl2N4O3S. The highest BCUT2D eigenvalue weighted by Crippen LogP contribution is 2.31. The number of allylic oxidation sites excluding steroid dienone is 1. The first-order valence-electron chi connectivity index (χ1n) is 7.44. The summed E-state index contributed by atoms with van der Waals surface area (Å²) in [6, 6.07) is 5.08. The standard InChI is InChI=1S/C16H16Cl2N4O3S/c1-3-6-22-15(11-5-4-10(17)7-12(11)18)20-21-16(22)26-9-14(24)25-8-13(23)19-2/h3-5,7H,1,6,8-9H2,2H3,(H,19,23). The quantitative estimate of drug-likeness (QED) is 0.406. The lowest BCUT2D eigenvalue weighted by Gasteiger charge is -2.09. The third kappa shape index (κ3) is 5.23. The van der Waals surface area contributed by atoms with Crippen molar-refractivity contribution < 1.29 is 14.3 Å². The molecule has 1 aromatic heterocycles. The summed E-state index contributed by atoms with van der Waals surface area (Å²) in [4.78, 5) is 22.8. The fraction of sp³-hybridized carbons (Fsp3) is 0.250. The molecule has 1 heterocycles. The van der Waals surface area contributed by atoms with Crippen LogP contribution in [0.3, 0.4) is 0 Å². The van der Waals surface area contributed by atoms with Crippen molar-refractivity contribution >= 4 is 46.8 Å². The summed E-state index contributed by atoms with van der Waals surface area (Å²) in [6.45, 7) is 3.83. The Morgan fingerprint density at radius 2 is 2.15 bits per heavy atom. The van der Waals surface area contributed by atoms with Gasteiger partial charge in [0.25, 0.3) is 5.91 Å². The van der Waals surface area contributed by atoms with Gasteiger partial charge in [0, 0.05) is 24.2 Å². The lowest BCUT2D eigenvalue weighted by atomic mass is 10.2. The molecule has 26 heavy (non-hydrogen) atoms. The molecule has 2 rings (SSSR count). The van der Waals surface area contributed by atoms with Crippen molar-refractivity contribution in [1.82, 2.24) is 20.1 Å². The number of amides is 1. The number of nitrogens with zero attached hydrogens (tertiary/aromatic N) is 3. The summed E-state index contributed by atoms with van der Waals surface area (Å²) >= 11 is 13.3. The van der Waals surface area contributed by atoms with Crippen molar-refractivity contribution in [2.75, 3.05) is 19.4 Å². The van der Waals surface area contributed by atoms with Gasteiger partial charge in [0.2, 0.25) is 0 Å². The van der Waals surface area contributed by atoms with Crippen LogP contribution in [0.15, 0.2) is 36.0 Å². The fourth-order valence-corrected chi connectivity index (χ4v) is 3.18. The number of benzene rings is 1. The second-order valence-corrected chi connectivity index (χ2v) is 6.74. The van der Waals surface area contributed by atoms with Gasteiger partial charge in [-0.2, -0.15) is 0 Å². The molecule has 0 unspecified atom stereocenters. The first kappa shape index (κ1) is 20.3. The number of likely N-dealkylation sites (N-methyl/N-ethyl adjacent to an activating group) is 1. The van der Waals surface area contributed by atoms with Crippen LogP contribution >= 0.6 is 35.0 Å². The van der Waals surface area contributed by atoms with Crippen molar-refractivity contribution in [2.24, 2.45) is 0 Å². The highest BCUT2D eigenvalue weighted by atomic mass is 35.5. The number of halogens is 2. The molecule has 0 aliphatic rings. The molecular weight excluding hydrogens is 399 g/mol. The summed E-state index contributed by atoms with van der Waals surface area (Å²) in [6.07, 6.45) is 1.69. The molecule has 0 aliphatic carbocycles. The molecule has 1 amide bonds. The van der Waals surface area contributed by atoms with Crippen LogP contribution in [0.25, 0.3) is 11.4 Å². The van der Waals surface area contributed by atoms with Gasteiger partial charge in [-0.1, -0.05) is 41.0 Å². The van der Waals surface area contributed by atoms with E-state index in [-0.39, 0.29) is 18.3 Å². The molecule has 1 N–H and O–H groups in total. The van der Waals surface area contributed by atoms with Gasteiger partial charge in [-0.05, 0) is 18.2 Å². The molecule has 0 spiro atoms. The van der Waals surface area contributed by atoms with Crippen LogP contribution in [-0.4, -0.2) is 46.0 Å². The largest absolute Gasteiger partial charge is 0.455 e. The second kappa shape index (κ2) is 9.61. The lowest BCUT2D eigenvalue weighted by molar-refractivity contribution is -0.145. The zero-order valence-electron chi connectivity index (χ0n) is 13.9. The normalized spacial score (nSPS) is 10.4. The van der Waals surface area contributed by atoms with Gasteiger partial charge in [0.1, 0.15) is 0 Å². The van der Waals surface area contributed by atoms with E-state index in [1.807, 2.05) is 0 Å². The average Bonchev–Trinajstić information content (AvgIpc) is 3.00. The van der Waals surface area contributed by atoms with Crippen LogP contribution in [0.1, 0.15) is 0 Å². The lowest BCUT2D eigenvalue weighted by Crippen LogP contribution is -2.25. The Balaban J connectivity index is 2.15. The maximum atomic E-state index is 11.7. The number of thioether (sulfide) groups is 1. The fourth-order valence-electron chi connectivity index (χ4n) is 1.94. The smallest absolute Gasteiger partial charge is 0.316 e. The number of ether oxygens (including phenoxy) is 1. The van der Waals surface area contributed by atoms with E-state index in [1.165, 1.54) is 7.05 Å². The number of nitrogens with one attached hydrogen (secondary N) is 1. The summed E-state index contributed by atoms with van der Waals surface area (Å²) < 4.78 is 6.63. The van der Waals surface area contributed by atoms with Crippen LogP contribution in [0.5, 0.6) is 0 Å². The van der Waals surface area contributed by atoms with E-state index < -0.39 is 5.97 Å². The van der Waals surface area contributed by atoms with E-state index >= 15 is 0 Å². The van der Waals surface area contributed by atoms with E-state index in [0.717, 1.165) is 11.8 Å². The number of rotatable bonds is 8. The molecule has 138 valence electrons. The summed E-state index contributed by atoms with van der Waals surface area (Å²) in [5.74, 6) is -0.385. The Labute approximate surface area is 164 Å². The molecule has 0 atom stereocenters. The predicted molar refractivity (Wildman–Crippen MR) is 101 cm³/mol. The van der Waals surface area contributed by atoms with Crippen molar-refractivity contribution in [3.8, 4) is 11.4 Å². The van der Waals surface area contributed by atoms with E-state index in [2.05, 4.69) is 22.1 Å². The zero-order valence-corrected chi connectivity index (χ0v) is 16.2. The molecule has 7 nitrogen and oxygen atoms in total. The molecule has 0 fully saturated rings. The molecule has 2 aromatic rings. The molecule has 1 aromatic carbocycles. The Kier molecular flexibility index (Phi) is 7.50. The monoisotopic (exact) mass is 414 g/mol. The highest BCUT2D eigenvalue weighted by molar-refractivity contribution is 7.99. The number of hydrogen-bond donors (Lipinski definition) is 1. The highest BCUT2D eigenvalue weighted by Gasteiger charge is 2.17. The minimum absolute atomic E-state index is 0.0133. The van der Waals surface area contributed by atoms with Crippen LogP contribution in [0, 0.1) is 0 Å². The molecule has 0 saturated heterocycles. The maximum absolute atomic E-state index is 11.7. The summed E-state index contributed by atoms with van der Waals surface area (Å²) in [5, 5.41) is 12.1. The Morgan fingerprint density at radius 3 is 2.81 bits per heavy atom. The minimum Gasteiger partial charge on any atom is -0.455 e. The van der Waals surface area contributed by atoms with Gasteiger partial charge in [-0.15, -0.1) is 16.8 Å². The molecule has 0 aliphatic heterocycles. The number of aromatic nitrogens is 3. The van der Waals surface area contributed by atoms with Crippen LogP contribution < -0.4 is 5.32 Å². The van der Waals surface area contributed by atoms with Gasteiger partial charge < -0.3 is 10.1 Å². The van der Waals surface area contributed by atoms with Gasteiger partial charge >= 0.3 is 5.97 Å². The van der Waals surface area contributed by atoms with E-state index in [4.69, 9.17) is 27.9 Å². The van der Waals surface area contributed by atoms with E-state index in [9.17, 15) is 9.59 Å². The minimum atomic E-state index is -0.530. The third-order valence-corrected chi connectivity index (χ3v) is 4.65. The average molecular weight is 415 g/mol. The second-order valence-electron chi connectivity index (χ2n) is 4.95. The summed E-state index contributed by atoms with van der Waals surface area (Å²) in [5.41, 5.74) is 0.666. The van der Waals surface area contributed by atoms with E-state index in [0.29, 0.717) is 33.1 Å². The SMILES string of the molecule is C=CCn1c(SCC(=O)OCC(=O)NC)nnc1-c1ccc(Cl)cc1Cl. The Hall–Kier alpha value is -2.03. The van der Waals surface area contributed by atoms with Crippen molar-refractivity contribution in [3.05, 3.63) is 40.9 Å². The summed E-state index contributed by atoms with van der Waals surface area (Å²) in [7, 11) is 1.46. The number of carbonyl (C=O) groups excluding carboxylic acids is 2. The van der Waals surface area contributed by atoms with Gasteiger partial charge in [-0.25, -0.2) is 0 Å². The molecule has 0 saturated carbocycles. The molecule has 0 bridgehead atoms. The number of carbonyl (C=O) groups is 2. The molecule has 0 radical (unpaired) electrons. The Morgan fingerprint density at radius 1 is 1.38 bits per heavy atom. The van der Waals surface area contributed by atoms with Gasteiger partial charge in [0.15, 0.2) is 17.6 Å². The Bertz CT molecular complexity index is 826. The third-order valence-electron chi connectivity index (χ3n) is 3.16. The van der Waals surface area contributed by atoms with Crippen molar-refractivity contribution in [2.45, 2.75) is 11.7 Å². The van der Waals surface area contributed by atoms with Crippen molar-refractivity contribution in [3.63, 3.8) is 0 Å². The first-order chi connectivity index (χ1) is 12.5. The zero-order chi connectivity index (χ0) is 19.1. The van der Waals surface area contributed by atoms with E-state index in [1.54, 1.807) is 28.8 Å². The topological polar surface area (TPSA) is 86.1 Å². The van der Waals surface area contributed by atoms with Crippen LogP contribution in [0.4, 0.5) is 0 Å². The van der Waals surface area contributed by atoms with Crippen LogP contribution in [-0.2, 0) is 20.9 Å². The maximum Gasteiger partial charge on any atom is 0.316 e. The van der Waals surface area contributed by atoms with Gasteiger partial charge in [-0.3, -0.25) is 14.2 Å². The number of esters is 1.